The predicted octanol–water partition coefficient (Wildman–Crippen LogP) is 3.55. The topological polar surface area (TPSA) is 23.5 Å². The van der Waals surface area contributed by atoms with Crippen LogP contribution in [0, 0.1) is 17.8 Å². The fourth-order valence-corrected chi connectivity index (χ4v) is 3.92. The van der Waals surface area contributed by atoms with Gasteiger partial charge in [0, 0.05) is 6.42 Å². The minimum atomic E-state index is -0.768. The van der Waals surface area contributed by atoms with Gasteiger partial charge in [0.1, 0.15) is 5.60 Å². The van der Waals surface area contributed by atoms with Crippen LogP contribution in [0.5, 0.6) is 0 Å². The fraction of sp³-hybridized carbons (Fsp3) is 0.600. The van der Waals surface area contributed by atoms with Crippen LogP contribution < -0.4 is 0 Å². The monoisotopic (exact) mass is 297 g/mol. The van der Waals surface area contributed by atoms with E-state index in [2.05, 4.69) is 28.9 Å². The lowest BCUT2D eigenvalue weighted by Crippen LogP contribution is -2.33. The van der Waals surface area contributed by atoms with E-state index in [4.69, 9.17) is 0 Å². The van der Waals surface area contributed by atoms with E-state index in [-0.39, 0.29) is 0 Å². The van der Waals surface area contributed by atoms with Crippen molar-refractivity contribution in [2.75, 3.05) is 19.6 Å². The highest BCUT2D eigenvalue weighted by Crippen LogP contribution is 2.42. The normalized spacial score (nSPS) is 22.2. The summed E-state index contributed by atoms with van der Waals surface area (Å²) in [7, 11) is 0. The molecule has 2 aliphatic rings. The summed E-state index contributed by atoms with van der Waals surface area (Å²) in [6, 6.07) is 10.2. The molecule has 1 N–H and O–H groups in total. The molecular formula is C20H27NO. The summed E-state index contributed by atoms with van der Waals surface area (Å²) in [5.74, 6) is 6.94. The summed E-state index contributed by atoms with van der Waals surface area (Å²) >= 11 is 0. The summed E-state index contributed by atoms with van der Waals surface area (Å²) in [6.45, 7) is 3.22. The number of nitrogens with zero attached hydrogens (tertiary/aromatic N) is 1. The maximum Gasteiger partial charge on any atom is 0.103 e. The van der Waals surface area contributed by atoms with Crippen LogP contribution in [0.25, 0.3) is 0 Å². The molecule has 0 aromatic heterocycles. The third-order valence-corrected chi connectivity index (χ3v) is 5.29. The largest absolute Gasteiger partial charge is 0.384 e. The summed E-state index contributed by atoms with van der Waals surface area (Å²) in [6.07, 6.45) is 7.89. The number of rotatable bonds is 4. The van der Waals surface area contributed by atoms with Gasteiger partial charge in [0.25, 0.3) is 0 Å². The van der Waals surface area contributed by atoms with Gasteiger partial charge in [0.2, 0.25) is 0 Å². The Morgan fingerprint density at radius 3 is 2.36 bits per heavy atom. The molecule has 22 heavy (non-hydrogen) atoms. The first kappa shape index (κ1) is 15.6. The Kier molecular flexibility index (Phi) is 5.18. The molecule has 2 fully saturated rings. The highest BCUT2D eigenvalue weighted by Gasteiger charge is 2.39. The number of benzene rings is 1. The third-order valence-electron chi connectivity index (χ3n) is 5.29. The Morgan fingerprint density at radius 2 is 1.68 bits per heavy atom. The van der Waals surface area contributed by atoms with Crippen molar-refractivity contribution in [2.45, 2.75) is 50.5 Å². The number of aliphatic hydroxyl groups is 1. The molecule has 2 heteroatoms. The van der Waals surface area contributed by atoms with Gasteiger partial charge in [0.15, 0.2) is 0 Å². The van der Waals surface area contributed by atoms with Crippen molar-refractivity contribution in [3.05, 3.63) is 35.9 Å². The molecule has 1 aliphatic carbocycles. The van der Waals surface area contributed by atoms with E-state index in [1.165, 1.54) is 38.8 Å². The fourth-order valence-electron chi connectivity index (χ4n) is 3.92. The van der Waals surface area contributed by atoms with Gasteiger partial charge < -0.3 is 5.11 Å². The highest BCUT2D eigenvalue weighted by atomic mass is 16.3. The molecule has 1 aliphatic heterocycles. The summed E-state index contributed by atoms with van der Waals surface area (Å²) in [5.41, 5.74) is 0.271. The van der Waals surface area contributed by atoms with Gasteiger partial charge in [-0.15, -0.1) is 0 Å². The first-order valence-corrected chi connectivity index (χ1v) is 8.75. The van der Waals surface area contributed by atoms with Crippen LogP contribution in [0.1, 0.15) is 50.5 Å². The molecule has 0 bridgehead atoms. The van der Waals surface area contributed by atoms with Crippen LogP contribution in [0.3, 0.4) is 0 Å². The SMILES string of the molecule is O[C@@](CC#CCN1CCCC1)(c1ccccc1)C1CCCC1. The van der Waals surface area contributed by atoms with E-state index in [0.29, 0.717) is 12.3 Å². The average molecular weight is 297 g/mol. The standard InChI is InChI=1S/C20H27NO/c22-20(19-12-4-5-13-19,18-10-2-1-3-11-18)14-6-7-15-21-16-8-9-17-21/h1-3,10-11,19,22H,4-5,8-9,12-17H2/t20-/m0/s1. The van der Waals surface area contributed by atoms with E-state index in [0.717, 1.165) is 24.9 Å². The highest BCUT2D eigenvalue weighted by molar-refractivity contribution is 5.26. The van der Waals surface area contributed by atoms with Gasteiger partial charge in [-0.1, -0.05) is 55.0 Å². The van der Waals surface area contributed by atoms with Gasteiger partial charge in [-0.25, -0.2) is 0 Å². The lowest BCUT2D eigenvalue weighted by atomic mass is 9.78. The van der Waals surface area contributed by atoms with Gasteiger partial charge in [0.05, 0.1) is 6.54 Å². The van der Waals surface area contributed by atoms with Crippen molar-refractivity contribution >= 4 is 0 Å². The van der Waals surface area contributed by atoms with Crippen molar-refractivity contribution < 1.29 is 5.11 Å². The second kappa shape index (κ2) is 7.31. The maximum atomic E-state index is 11.4. The van der Waals surface area contributed by atoms with E-state index in [9.17, 15) is 5.11 Å². The van der Waals surface area contributed by atoms with Gasteiger partial charge >= 0.3 is 0 Å². The van der Waals surface area contributed by atoms with Gasteiger partial charge in [-0.2, -0.15) is 0 Å². The number of likely N-dealkylation sites (tertiary alicyclic amines) is 1. The predicted molar refractivity (Wildman–Crippen MR) is 90.4 cm³/mol. The Bertz CT molecular complexity index is 518. The molecular weight excluding hydrogens is 270 g/mol. The van der Waals surface area contributed by atoms with Crippen LogP contribution in [0.15, 0.2) is 30.3 Å². The molecule has 0 spiro atoms. The van der Waals surface area contributed by atoms with Crippen molar-refractivity contribution in [3.63, 3.8) is 0 Å². The molecule has 1 saturated heterocycles. The number of hydrogen-bond acceptors (Lipinski definition) is 2. The van der Waals surface area contributed by atoms with E-state index >= 15 is 0 Å². The van der Waals surface area contributed by atoms with Crippen molar-refractivity contribution in [1.82, 2.24) is 4.90 Å². The average Bonchev–Trinajstić information content (AvgIpc) is 3.25. The quantitative estimate of drug-likeness (QED) is 0.859. The third kappa shape index (κ3) is 3.54. The minimum absolute atomic E-state index is 0.357. The molecule has 0 radical (unpaired) electrons. The zero-order valence-electron chi connectivity index (χ0n) is 13.4. The molecule has 0 amide bonds. The molecule has 118 valence electrons. The zero-order chi connectivity index (χ0) is 15.3. The Balaban J connectivity index is 1.70. The van der Waals surface area contributed by atoms with E-state index in [1.807, 2.05) is 18.2 Å². The van der Waals surface area contributed by atoms with Crippen LogP contribution >= 0.6 is 0 Å². The van der Waals surface area contributed by atoms with Gasteiger partial charge in [-0.3, -0.25) is 4.90 Å². The lowest BCUT2D eigenvalue weighted by Gasteiger charge is -2.33. The van der Waals surface area contributed by atoms with Gasteiger partial charge in [-0.05, 0) is 50.3 Å². The molecule has 1 aromatic carbocycles. The second-order valence-corrected chi connectivity index (χ2v) is 6.79. The zero-order valence-corrected chi connectivity index (χ0v) is 13.4. The lowest BCUT2D eigenvalue weighted by molar-refractivity contribution is -0.0173. The van der Waals surface area contributed by atoms with Crippen molar-refractivity contribution in [2.24, 2.45) is 5.92 Å². The van der Waals surface area contributed by atoms with Crippen LogP contribution in [0.4, 0.5) is 0 Å². The summed E-state index contributed by atoms with van der Waals surface area (Å²) < 4.78 is 0. The maximum absolute atomic E-state index is 11.4. The molecule has 2 nitrogen and oxygen atoms in total. The van der Waals surface area contributed by atoms with Crippen LogP contribution in [-0.2, 0) is 5.60 Å². The van der Waals surface area contributed by atoms with Crippen molar-refractivity contribution in [3.8, 4) is 11.8 Å². The van der Waals surface area contributed by atoms with E-state index in [1.54, 1.807) is 0 Å². The second-order valence-electron chi connectivity index (χ2n) is 6.79. The Morgan fingerprint density at radius 1 is 1.00 bits per heavy atom. The van der Waals surface area contributed by atoms with Crippen molar-refractivity contribution in [1.29, 1.82) is 0 Å². The molecule has 1 atom stereocenters. The molecule has 1 heterocycles. The first-order chi connectivity index (χ1) is 10.8. The Labute approximate surface area is 134 Å². The van der Waals surface area contributed by atoms with Crippen LogP contribution in [-0.4, -0.2) is 29.6 Å². The number of hydrogen-bond donors (Lipinski definition) is 1. The Hall–Kier alpha value is -1.30. The summed E-state index contributed by atoms with van der Waals surface area (Å²) in [4.78, 5) is 2.41. The molecule has 0 unspecified atom stereocenters. The van der Waals surface area contributed by atoms with Crippen LogP contribution in [0.2, 0.25) is 0 Å². The summed E-state index contributed by atoms with van der Waals surface area (Å²) in [5, 5.41) is 11.4. The minimum Gasteiger partial charge on any atom is -0.384 e. The van der Waals surface area contributed by atoms with E-state index < -0.39 is 5.60 Å². The molecule has 1 saturated carbocycles. The smallest absolute Gasteiger partial charge is 0.103 e. The first-order valence-electron chi connectivity index (χ1n) is 8.75. The molecule has 3 rings (SSSR count). The molecule has 1 aromatic rings.